The van der Waals surface area contributed by atoms with Crippen LogP contribution < -0.4 is 16.0 Å². The monoisotopic (exact) mass is 569 g/mol. The maximum Gasteiger partial charge on any atom is 0.434 e. The molecule has 0 spiro atoms. The molecular weight excluding hydrogens is 545 g/mol. The molecule has 0 saturated carbocycles. The van der Waals surface area contributed by atoms with Crippen LogP contribution in [-0.4, -0.2) is 63.2 Å². The largest absolute Gasteiger partial charge is 0.434 e. The maximum absolute atomic E-state index is 13.5. The first-order valence-electron chi connectivity index (χ1n) is 11.8. The molecule has 15 heteroatoms. The number of piperidine rings is 1. The van der Waals surface area contributed by atoms with Gasteiger partial charge in [0.05, 0.1) is 30.2 Å². The lowest BCUT2D eigenvalue weighted by Gasteiger charge is -2.32. The van der Waals surface area contributed by atoms with Crippen LogP contribution in [0.3, 0.4) is 0 Å². The number of halogens is 5. The highest BCUT2D eigenvalue weighted by Gasteiger charge is 2.35. The van der Waals surface area contributed by atoms with Crippen LogP contribution >= 0.6 is 11.5 Å². The Kier molecular flexibility index (Phi) is 8.39. The van der Waals surface area contributed by atoms with Gasteiger partial charge in [0.1, 0.15) is 10.8 Å². The van der Waals surface area contributed by atoms with Crippen LogP contribution in [0.4, 0.5) is 38.5 Å². The molecular formula is C24H24F5N7O2S. The predicted octanol–water partition coefficient (Wildman–Crippen LogP) is 4.72. The second kappa shape index (κ2) is 11.6. The lowest BCUT2D eigenvalue weighted by molar-refractivity contribution is -0.141. The van der Waals surface area contributed by atoms with Gasteiger partial charge in [-0.2, -0.15) is 17.5 Å². The molecule has 1 aliphatic rings. The van der Waals surface area contributed by atoms with E-state index in [0.29, 0.717) is 42.7 Å². The van der Waals surface area contributed by atoms with E-state index >= 15 is 0 Å². The number of hydrogen-bond acceptors (Lipinski definition) is 8. The van der Waals surface area contributed by atoms with Crippen molar-refractivity contribution in [2.24, 2.45) is 0 Å². The third kappa shape index (κ3) is 7.44. The molecule has 2 amide bonds. The quantitative estimate of drug-likeness (QED) is 0.337. The Morgan fingerprint density at radius 2 is 1.87 bits per heavy atom. The van der Waals surface area contributed by atoms with Gasteiger partial charge in [0.2, 0.25) is 0 Å². The number of amides is 2. The number of aromatic nitrogens is 3. The van der Waals surface area contributed by atoms with Gasteiger partial charge in [-0.05, 0) is 55.7 Å². The van der Waals surface area contributed by atoms with Crippen molar-refractivity contribution in [3.63, 3.8) is 0 Å². The summed E-state index contributed by atoms with van der Waals surface area (Å²) in [5.74, 6) is -3.86. The van der Waals surface area contributed by atoms with Crippen molar-refractivity contribution < 1.29 is 31.5 Å². The van der Waals surface area contributed by atoms with E-state index < -0.39 is 23.7 Å². The fourth-order valence-electron chi connectivity index (χ4n) is 3.97. The second-order valence-electron chi connectivity index (χ2n) is 8.91. The van der Waals surface area contributed by atoms with E-state index in [9.17, 15) is 31.5 Å². The highest BCUT2D eigenvalue weighted by molar-refractivity contribution is 7.10. The zero-order valence-electron chi connectivity index (χ0n) is 20.6. The molecule has 0 aliphatic carbocycles. The molecule has 0 unspecified atom stereocenters. The van der Waals surface area contributed by atoms with E-state index in [1.165, 1.54) is 24.3 Å². The smallest absolute Gasteiger partial charge is 0.351 e. The van der Waals surface area contributed by atoms with Crippen molar-refractivity contribution in [2.75, 3.05) is 36.8 Å². The number of anilines is 3. The van der Waals surface area contributed by atoms with Crippen molar-refractivity contribution in [3.8, 4) is 0 Å². The van der Waals surface area contributed by atoms with Crippen molar-refractivity contribution in [3.05, 3.63) is 59.2 Å². The molecule has 0 radical (unpaired) electrons. The Balaban J connectivity index is 1.34. The number of benzene rings is 1. The van der Waals surface area contributed by atoms with E-state index in [1.54, 1.807) is 11.8 Å². The van der Waals surface area contributed by atoms with Gasteiger partial charge in [-0.3, -0.25) is 19.5 Å². The van der Waals surface area contributed by atoms with Crippen molar-refractivity contribution >= 4 is 39.9 Å². The minimum atomic E-state index is -4.68. The van der Waals surface area contributed by atoms with Gasteiger partial charge in [-0.15, -0.1) is 0 Å². The zero-order chi connectivity index (χ0) is 28.2. The van der Waals surface area contributed by atoms with E-state index in [-0.39, 0.29) is 41.8 Å². The fraction of sp³-hybridized carbons (Fsp3) is 0.375. The summed E-state index contributed by atoms with van der Waals surface area (Å²) in [6.07, 6.45) is -2.70. The number of rotatable bonds is 8. The first kappa shape index (κ1) is 28.3. The van der Waals surface area contributed by atoms with E-state index in [1.807, 2.05) is 0 Å². The minimum absolute atomic E-state index is 0.115. The topological polar surface area (TPSA) is 112 Å². The van der Waals surface area contributed by atoms with Gasteiger partial charge >= 0.3 is 6.18 Å². The van der Waals surface area contributed by atoms with Crippen LogP contribution in [0.2, 0.25) is 0 Å². The summed E-state index contributed by atoms with van der Waals surface area (Å²) in [6.45, 7) is 2.34. The first-order chi connectivity index (χ1) is 18.4. The summed E-state index contributed by atoms with van der Waals surface area (Å²) in [7, 11) is 0. The van der Waals surface area contributed by atoms with E-state index in [0.717, 1.165) is 17.7 Å². The Morgan fingerprint density at radius 3 is 2.56 bits per heavy atom. The zero-order valence-corrected chi connectivity index (χ0v) is 21.4. The van der Waals surface area contributed by atoms with Gasteiger partial charge < -0.3 is 16.0 Å². The van der Waals surface area contributed by atoms with Crippen LogP contribution in [-0.2, 0) is 6.18 Å². The molecule has 3 heterocycles. The number of likely N-dealkylation sites (tertiary alicyclic amines) is 1. The summed E-state index contributed by atoms with van der Waals surface area (Å²) in [5.41, 5.74) is -0.0398. The number of nitrogens with one attached hydrogen (secondary N) is 3. The molecule has 208 valence electrons. The Hall–Kier alpha value is -3.72. The summed E-state index contributed by atoms with van der Waals surface area (Å²) in [6, 6.07) is 6.02. The summed E-state index contributed by atoms with van der Waals surface area (Å²) >= 11 is 0.878. The SMILES string of the molecule is Cc1nsc(Nc2cncc(C(F)(F)F)n2)c1C(=O)Nc1ccc(C(=O)NCCN2CCCC(F)(F)C2)cc1. The van der Waals surface area contributed by atoms with Gasteiger partial charge in [0, 0.05) is 30.8 Å². The molecule has 39 heavy (non-hydrogen) atoms. The molecule has 0 atom stereocenters. The normalized spacial score (nSPS) is 15.5. The van der Waals surface area contributed by atoms with Crippen molar-refractivity contribution in [2.45, 2.75) is 31.9 Å². The fourth-order valence-corrected chi connectivity index (χ4v) is 4.77. The third-order valence-electron chi connectivity index (χ3n) is 5.85. The average Bonchev–Trinajstić information content (AvgIpc) is 3.23. The van der Waals surface area contributed by atoms with Crippen LogP contribution in [0.1, 0.15) is 44.9 Å². The molecule has 4 rings (SSSR count). The van der Waals surface area contributed by atoms with Crippen molar-refractivity contribution in [1.29, 1.82) is 0 Å². The molecule has 1 fully saturated rings. The van der Waals surface area contributed by atoms with Crippen LogP contribution in [0, 0.1) is 6.92 Å². The van der Waals surface area contributed by atoms with Crippen molar-refractivity contribution in [1.82, 2.24) is 24.6 Å². The van der Waals surface area contributed by atoms with Gasteiger partial charge in [-0.1, -0.05) is 0 Å². The van der Waals surface area contributed by atoms with Crippen LogP contribution in [0.5, 0.6) is 0 Å². The summed E-state index contributed by atoms with van der Waals surface area (Å²) in [5, 5.41) is 8.22. The molecule has 1 aromatic carbocycles. The molecule has 2 aromatic heterocycles. The number of alkyl halides is 5. The molecule has 3 aromatic rings. The lowest BCUT2D eigenvalue weighted by atomic mass is 10.1. The van der Waals surface area contributed by atoms with E-state index in [2.05, 4.69) is 30.3 Å². The number of carbonyl (C=O) groups is 2. The average molecular weight is 570 g/mol. The number of carbonyl (C=O) groups excluding carboxylic acids is 2. The van der Waals surface area contributed by atoms with Crippen LogP contribution in [0.15, 0.2) is 36.7 Å². The Bertz CT molecular complexity index is 1330. The Morgan fingerprint density at radius 1 is 1.13 bits per heavy atom. The molecule has 1 saturated heterocycles. The lowest BCUT2D eigenvalue weighted by Crippen LogP contribution is -2.45. The summed E-state index contributed by atoms with van der Waals surface area (Å²) in [4.78, 5) is 34.0. The van der Waals surface area contributed by atoms with E-state index in [4.69, 9.17) is 0 Å². The van der Waals surface area contributed by atoms with Gasteiger partial charge in [0.15, 0.2) is 5.69 Å². The number of nitrogens with zero attached hydrogens (tertiary/aromatic N) is 4. The maximum atomic E-state index is 13.5. The summed E-state index contributed by atoms with van der Waals surface area (Å²) < 4.78 is 70.0. The van der Waals surface area contributed by atoms with Gasteiger partial charge in [0.25, 0.3) is 17.7 Å². The number of hydrogen-bond donors (Lipinski definition) is 3. The standard InChI is InChI=1S/C24H24F5N7O2S/c1-14-19(22(39-35-14)34-18-12-30-11-17(33-18)24(27,28)29)21(38)32-16-5-3-15(4-6-16)20(37)31-8-10-36-9-2-7-23(25,26)13-36/h3-6,11-12H,2,7-10,13H2,1H3,(H,31,37)(H,32,38)(H,33,34). The highest BCUT2D eigenvalue weighted by atomic mass is 32.1. The second-order valence-corrected chi connectivity index (χ2v) is 9.68. The molecule has 9 nitrogen and oxygen atoms in total. The third-order valence-corrected chi connectivity index (χ3v) is 6.70. The minimum Gasteiger partial charge on any atom is -0.351 e. The molecule has 3 N–H and O–H groups in total. The highest BCUT2D eigenvalue weighted by Crippen LogP contribution is 2.31. The molecule has 0 bridgehead atoms. The Labute approximate surface area is 224 Å². The predicted molar refractivity (Wildman–Crippen MR) is 135 cm³/mol. The molecule has 1 aliphatic heterocycles. The van der Waals surface area contributed by atoms with Crippen LogP contribution in [0.25, 0.3) is 0 Å². The first-order valence-corrected chi connectivity index (χ1v) is 12.6. The number of aryl methyl sites for hydroxylation is 1. The van der Waals surface area contributed by atoms with Gasteiger partial charge in [-0.25, -0.2) is 13.8 Å².